The van der Waals surface area contributed by atoms with Gasteiger partial charge in [-0.05, 0) is 12.1 Å². The zero-order chi connectivity index (χ0) is 9.30. The Kier molecular flexibility index (Phi) is 6.33. The fourth-order valence-electron chi connectivity index (χ4n) is 0.728. The molecule has 0 saturated carbocycles. The molecule has 0 unspecified atom stereocenters. The van der Waals surface area contributed by atoms with E-state index in [2.05, 4.69) is 0 Å². The molecule has 1 rings (SSSR count). The van der Waals surface area contributed by atoms with E-state index >= 15 is 0 Å². The fourth-order valence-corrected chi connectivity index (χ4v) is 0.728. The van der Waals surface area contributed by atoms with E-state index in [0.717, 1.165) is 12.1 Å². The molecule has 0 aliphatic heterocycles. The van der Waals surface area contributed by atoms with E-state index in [-0.39, 0.29) is 40.6 Å². The van der Waals surface area contributed by atoms with Gasteiger partial charge in [0.25, 0.3) is 0 Å². The van der Waals surface area contributed by atoms with Gasteiger partial charge in [0, 0.05) is 0 Å². The van der Waals surface area contributed by atoms with Gasteiger partial charge in [0.1, 0.15) is 0 Å². The van der Waals surface area contributed by atoms with Crippen LogP contribution >= 0.6 is 0 Å². The first kappa shape index (κ1) is 15.5. The molecule has 14 heavy (non-hydrogen) atoms. The summed E-state index contributed by atoms with van der Waals surface area (Å²) in [5.74, 6) is -3.33. The number of hydrogen-bond acceptors (Lipinski definition) is 5. The van der Waals surface area contributed by atoms with Crippen molar-refractivity contribution < 1.29 is 60.3 Å². The van der Waals surface area contributed by atoms with Crippen molar-refractivity contribution in [3.05, 3.63) is 17.7 Å². The Balaban J connectivity index is 0. The van der Waals surface area contributed by atoms with Crippen LogP contribution in [0.25, 0.3) is 0 Å². The Morgan fingerprint density at radius 3 is 1.71 bits per heavy atom. The molecule has 5 N–H and O–H groups in total. The largest absolute Gasteiger partial charge is 1.00 e. The van der Waals surface area contributed by atoms with Crippen molar-refractivity contribution in [1.29, 1.82) is 0 Å². The number of benzene rings is 1. The van der Waals surface area contributed by atoms with Crippen molar-refractivity contribution in [1.82, 2.24) is 0 Å². The van der Waals surface area contributed by atoms with Crippen LogP contribution in [0.4, 0.5) is 0 Å². The standard InChI is InChI=1S/C7H6O5.Na.H2O/c8-4-1-3(7(11)12)2-5(9)6(4)10;;/h1-2,8-10H,(H,11,12);;1H2/q;+1;/p-1. The number of carboxylic acid groups (broad SMARTS) is 1. The molecular formula is C7H7NaO6. The summed E-state index contributed by atoms with van der Waals surface area (Å²) in [6.07, 6.45) is 0. The van der Waals surface area contributed by atoms with Gasteiger partial charge in [0.15, 0.2) is 17.2 Å². The molecule has 0 bridgehead atoms. The molecule has 7 heteroatoms. The smallest absolute Gasteiger partial charge is 0.870 e. The Bertz CT molecular complexity index is 314. The zero-order valence-electron chi connectivity index (χ0n) is 7.30. The fraction of sp³-hybridized carbons (Fsp3) is 0. The van der Waals surface area contributed by atoms with Crippen molar-refractivity contribution in [2.75, 3.05) is 0 Å². The maximum atomic E-state index is 10.3. The molecule has 0 aliphatic carbocycles. The van der Waals surface area contributed by atoms with Crippen LogP contribution in [-0.4, -0.2) is 31.9 Å². The van der Waals surface area contributed by atoms with Crippen molar-refractivity contribution in [2.45, 2.75) is 0 Å². The third-order valence-electron chi connectivity index (χ3n) is 1.32. The Morgan fingerprint density at radius 1 is 1.07 bits per heavy atom. The third-order valence-corrected chi connectivity index (χ3v) is 1.32. The van der Waals surface area contributed by atoms with Gasteiger partial charge in [-0.2, -0.15) is 0 Å². The van der Waals surface area contributed by atoms with Gasteiger partial charge in [-0.15, -0.1) is 0 Å². The monoisotopic (exact) mass is 210 g/mol. The molecule has 0 spiro atoms. The van der Waals surface area contributed by atoms with E-state index in [1.165, 1.54) is 0 Å². The third kappa shape index (κ3) is 3.08. The molecule has 0 saturated heterocycles. The quantitative estimate of drug-likeness (QED) is 0.295. The average molecular weight is 210 g/mol. The van der Waals surface area contributed by atoms with Gasteiger partial charge in [-0.25, -0.2) is 4.79 Å². The molecule has 0 radical (unpaired) electrons. The summed E-state index contributed by atoms with van der Waals surface area (Å²) in [6, 6.07) is 1.69. The predicted octanol–water partition coefficient (Wildman–Crippen LogP) is -2.67. The minimum atomic E-state index is -1.29. The van der Waals surface area contributed by atoms with Crippen LogP contribution in [0.3, 0.4) is 0 Å². The number of rotatable bonds is 1. The zero-order valence-corrected chi connectivity index (χ0v) is 9.30. The van der Waals surface area contributed by atoms with E-state index in [1.54, 1.807) is 0 Å². The van der Waals surface area contributed by atoms with Crippen LogP contribution in [0, 0.1) is 0 Å². The van der Waals surface area contributed by atoms with E-state index in [9.17, 15) is 4.79 Å². The van der Waals surface area contributed by atoms with Crippen LogP contribution in [-0.2, 0) is 0 Å². The van der Waals surface area contributed by atoms with E-state index in [0.29, 0.717) is 0 Å². The van der Waals surface area contributed by atoms with Crippen molar-refractivity contribution in [3.8, 4) is 17.2 Å². The Morgan fingerprint density at radius 2 is 1.43 bits per heavy atom. The maximum Gasteiger partial charge on any atom is 1.00 e. The summed E-state index contributed by atoms with van der Waals surface area (Å²) in [6.45, 7) is 0. The van der Waals surface area contributed by atoms with Crippen molar-refractivity contribution in [2.24, 2.45) is 0 Å². The van der Waals surface area contributed by atoms with Gasteiger partial charge >= 0.3 is 35.5 Å². The predicted molar refractivity (Wildman–Crippen MR) is 40.3 cm³/mol. The number of aromatic carboxylic acids is 1. The number of carbonyl (C=O) groups is 1. The second-order valence-corrected chi connectivity index (χ2v) is 2.17. The van der Waals surface area contributed by atoms with Gasteiger partial charge in [-0.1, -0.05) is 0 Å². The van der Waals surface area contributed by atoms with Crippen LogP contribution in [0.15, 0.2) is 12.1 Å². The number of phenolic OH excluding ortho intramolecular Hbond substituents is 3. The molecular weight excluding hydrogens is 203 g/mol. The van der Waals surface area contributed by atoms with Crippen LogP contribution in [0.5, 0.6) is 17.2 Å². The van der Waals surface area contributed by atoms with Crippen molar-refractivity contribution in [3.63, 3.8) is 0 Å². The average Bonchev–Trinajstić information content (AvgIpc) is 1.99. The number of aromatic hydroxyl groups is 3. The molecule has 0 aromatic heterocycles. The summed E-state index contributed by atoms with van der Waals surface area (Å²) in [5, 5.41) is 35.0. The van der Waals surface area contributed by atoms with E-state index in [1.807, 2.05) is 0 Å². The molecule has 1 aromatic rings. The maximum absolute atomic E-state index is 10.3. The number of carboxylic acids is 1. The first-order valence-corrected chi connectivity index (χ1v) is 3.00. The Labute approximate surface area is 101 Å². The van der Waals surface area contributed by atoms with Crippen molar-refractivity contribution >= 4 is 5.97 Å². The van der Waals surface area contributed by atoms with E-state index < -0.39 is 23.2 Å². The Hall–Kier alpha value is -0.950. The van der Waals surface area contributed by atoms with Gasteiger partial charge in [-0.3, -0.25) is 0 Å². The summed E-state index contributed by atoms with van der Waals surface area (Å²) in [4.78, 5) is 10.3. The van der Waals surface area contributed by atoms with Gasteiger partial charge < -0.3 is 25.9 Å². The molecule has 0 heterocycles. The number of hydrogen-bond donors (Lipinski definition) is 4. The summed E-state index contributed by atoms with van der Waals surface area (Å²) in [7, 11) is 0. The summed E-state index contributed by atoms with van der Waals surface area (Å²) in [5.41, 5.74) is -0.289. The second kappa shape index (κ2) is 5.71. The normalized spacial score (nSPS) is 8.29. The van der Waals surface area contributed by atoms with Crippen LogP contribution in [0.1, 0.15) is 10.4 Å². The second-order valence-electron chi connectivity index (χ2n) is 2.17. The summed E-state index contributed by atoms with van der Waals surface area (Å²) >= 11 is 0. The molecule has 72 valence electrons. The number of phenols is 3. The minimum absolute atomic E-state index is 0. The van der Waals surface area contributed by atoms with Gasteiger partial charge in [0.05, 0.1) is 5.56 Å². The minimum Gasteiger partial charge on any atom is -0.870 e. The van der Waals surface area contributed by atoms with Crippen LogP contribution < -0.4 is 29.6 Å². The van der Waals surface area contributed by atoms with Gasteiger partial charge in [0.2, 0.25) is 0 Å². The molecule has 1 aromatic carbocycles. The topological polar surface area (TPSA) is 128 Å². The summed E-state index contributed by atoms with van der Waals surface area (Å²) < 4.78 is 0. The van der Waals surface area contributed by atoms with Crippen LogP contribution in [0.2, 0.25) is 0 Å². The SMILES string of the molecule is O=C(O)c1cc(O)c(O)c(O)c1.[Na+].[OH-]. The van der Waals surface area contributed by atoms with E-state index in [4.69, 9.17) is 20.4 Å². The molecule has 0 aliphatic rings. The first-order valence-electron chi connectivity index (χ1n) is 3.00. The molecule has 0 amide bonds. The molecule has 0 fully saturated rings. The molecule has 0 atom stereocenters. The molecule has 6 nitrogen and oxygen atoms in total. The first-order chi connectivity index (χ1) is 5.52.